The van der Waals surface area contributed by atoms with E-state index in [1.165, 1.54) is 12.8 Å². The second kappa shape index (κ2) is 3.72. The number of nitrogens with one attached hydrogen (secondary N) is 1. The monoisotopic (exact) mass is 207 g/mol. The minimum atomic E-state index is -3.98. The molecule has 1 aliphatic heterocycles. The van der Waals surface area contributed by atoms with Crippen LogP contribution >= 0.6 is 0 Å². The van der Waals surface area contributed by atoms with Gasteiger partial charge in [0.05, 0.1) is 5.92 Å². The SMILES string of the molecule is FC(F)(F)C1CCNC(CC2CC2)C1. The molecule has 2 atom stereocenters. The van der Waals surface area contributed by atoms with E-state index in [0.29, 0.717) is 18.9 Å². The second-order valence-electron chi connectivity index (χ2n) is 4.59. The number of piperidine rings is 1. The molecule has 1 heterocycles. The normalized spacial score (nSPS) is 34.5. The molecule has 1 saturated heterocycles. The van der Waals surface area contributed by atoms with Crippen molar-refractivity contribution in [3.05, 3.63) is 0 Å². The van der Waals surface area contributed by atoms with Crippen molar-refractivity contribution >= 4 is 0 Å². The zero-order chi connectivity index (χ0) is 10.2. The summed E-state index contributed by atoms with van der Waals surface area (Å²) in [6, 6.07) is 0.114. The first-order valence-corrected chi connectivity index (χ1v) is 5.36. The summed E-state index contributed by atoms with van der Waals surface area (Å²) in [6.07, 6.45) is -0.0507. The van der Waals surface area contributed by atoms with Gasteiger partial charge >= 0.3 is 6.18 Å². The molecule has 82 valence electrons. The minimum Gasteiger partial charge on any atom is -0.314 e. The molecule has 1 nitrogen and oxygen atoms in total. The Balaban J connectivity index is 1.83. The molecule has 0 bridgehead atoms. The Morgan fingerprint density at radius 3 is 2.43 bits per heavy atom. The Morgan fingerprint density at radius 2 is 1.86 bits per heavy atom. The number of hydrogen-bond acceptors (Lipinski definition) is 1. The summed E-state index contributed by atoms with van der Waals surface area (Å²) in [4.78, 5) is 0. The first-order chi connectivity index (χ1) is 6.55. The van der Waals surface area contributed by atoms with Crippen molar-refractivity contribution in [3.63, 3.8) is 0 Å². The van der Waals surface area contributed by atoms with Gasteiger partial charge in [-0.3, -0.25) is 0 Å². The largest absolute Gasteiger partial charge is 0.391 e. The van der Waals surface area contributed by atoms with Gasteiger partial charge in [0.25, 0.3) is 0 Å². The summed E-state index contributed by atoms with van der Waals surface area (Å²) >= 11 is 0. The highest BCUT2D eigenvalue weighted by Gasteiger charge is 2.42. The number of halogens is 3. The van der Waals surface area contributed by atoms with Crippen LogP contribution in [0.5, 0.6) is 0 Å². The molecular weight excluding hydrogens is 191 g/mol. The molecule has 2 rings (SSSR count). The molecule has 0 amide bonds. The zero-order valence-corrected chi connectivity index (χ0v) is 8.11. The van der Waals surface area contributed by atoms with Crippen LogP contribution in [0.1, 0.15) is 32.1 Å². The van der Waals surface area contributed by atoms with Crippen molar-refractivity contribution in [1.82, 2.24) is 5.32 Å². The Hall–Kier alpha value is -0.250. The van der Waals surface area contributed by atoms with Gasteiger partial charge in [-0.05, 0) is 31.7 Å². The Kier molecular flexibility index (Phi) is 2.73. The summed E-state index contributed by atoms with van der Waals surface area (Å²) in [5, 5.41) is 3.19. The number of alkyl halides is 3. The van der Waals surface area contributed by atoms with E-state index in [1.807, 2.05) is 0 Å². The Labute approximate surface area is 82.1 Å². The molecule has 14 heavy (non-hydrogen) atoms. The van der Waals surface area contributed by atoms with Crippen LogP contribution in [-0.4, -0.2) is 18.8 Å². The lowest BCUT2D eigenvalue weighted by molar-refractivity contribution is -0.183. The average Bonchev–Trinajstić information content (AvgIpc) is 2.87. The van der Waals surface area contributed by atoms with Crippen LogP contribution in [0.15, 0.2) is 0 Å². The average molecular weight is 207 g/mol. The fourth-order valence-electron chi connectivity index (χ4n) is 2.24. The highest BCUT2D eigenvalue weighted by atomic mass is 19.4. The molecule has 0 radical (unpaired) electrons. The molecule has 1 aliphatic carbocycles. The van der Waals surface area contributed by atoms with Gasteiger partial charge in [0.1, 0.15) is 0 Å². The maximum atomic E-state index is 12.4. The van der Waals surface area contributed by atoms with Crippen LogP contribution in [0.3, 0.4) is 0 Å². The van der Waals surface area contributed by atoms with Gasteiger partial charge < -0.3 is 5.32 Å². The third-order valence-corrected chi connectivity index (χ3v) is 3.27. The van der Waals surface area contributed by atoms with Gasteiger partial charge in [0.2, 0.25) is 0 Å². The maximum Gasteiger partial charge on any atom is 0.391 e. The lowest BCUT2D eigenvalue weighted by atomic mass is 9.89. The molecule has 2 aliphatic rings. The summed E-state index contributed by atoms with van der Waals surface area (Å²) < 4.78 is 37.3. The predicted octanol–water partition coefficient (Wildman–Crippen LogP) is 2.72. The fraction of sp³-hybridized carbons (Fsp3) is 1.00. The minimum absolute atomic E-state index is 0.114. The van der Waals surface area contributed by atoms with E-state index in [1.54, 1.807) is 0 Å². The summed E-state index contributed by atoms with van der Waals surface area (Å²) in [5.41, 5.74) is 0. The fourth-order valence-corrected chi connectivity index (χ4v) is 2.24. The summed E-state index contributed by atoms with van der Waals surface area (Å²) in [7, 11) is 0. The highest BCUT2D eigenvalue weighted by Crippen LogP contribution is 2.39. The van der Waals surface area contributed by atoms with Crippen molar-refractivity contribution in [2.45, 2.75) is 44.3 Å². The molecule has 4 heteroatoms. The quantitative estimate of drug-likeness (QED) is 0.734. The number of hydrogen-bond donors (Lipinski definition) is 1. The smallest absolute Gasteiger partial charge is 0.314 e. The molecule has 0 aromatic rings. The van der Waals surface area contributed by atoms with Crippen LogP contribution in [0.4, 0.5) is 13.2 Å². The van der Waals surface area contributed by atoms with E-state index in [4.69, 9.17) is 0 Å². The van der Waals surface area contributed by atoms with Crippen LogP contribution in [0.25, 0.3) is 0 Å². The van der Waals surface area contributed by atoms with Gasteiger partial charge in [-0.25, -0.2) is 0 Å². The predicted molar refractivity (Wildman–Crippen MR) is 47.9 cm³/mol. The third-order valence-electron chi connectivity index (χ3n) is 3.27. The first kappa shape index (κ1) is 10.3. The number of rotatable bonds is 2. The Bertz CT molecular complexity index is 198. The van der Waals surface area contributed by atoms with Gasteiger partial charge in [-0.2, -0.15) is 13.2 Å². The van der Waals surface area contributed by atoms with Gasteiger partial charge in [-0.1, -0.05) is 12.8 Å². The molecule has 2 fully saturated rings. The lowest BCUT2D eigenvalue weighted by Crippen LogP contribution is -2.42. The molecule has 1 N–H and O–H groups in total. The molecular formula is C10H16F3N. The molecule has 0 spiro atoms. The molecule has 2 unspecified atom stereocenters. The van der Waals surface area contributed by atoms with Crippen molar-refractivity contribution < 1.29 is 13.2 Å². The second-order valence-corrected chi connectivity index (χ2v) is 4.59. The standard InChI is InChI=1S/C10H16F3N/c11-10(12,13)8-3-4-14-9(6-8)5-7-1-2-7/h7-9,14H,1-6H2. The van der Waals surface area contributed by atoms with E-state index in [0.717, 1.165) is 6.42 Å². The first-order valence-electron chi connectivity index (χ1n) is 5.36. The van der Waals surface area contributed by atoms with Crippen molar-refractivity contribution in [2.75, 3.05) is 6.54 Å². The van der Waals surface area contributed by atoms with Gasteiger partial charge in [0, 0.05) is 6.04 Å². The van der Waals surface area contributed by atoms with E-state index in [2.05, 4.69) is 5.32 Å². The highest BCUT2D eigenvalue weighted by molar-refractivity contribution is 4.86. The van der Waals surface area contributed by atoms with Crippen molar-refractivity contribution in [1.29, 1.82) is 0 Å². The van der Waals surface area contributed by atoms with E-state index in [-0.39, 0.29) is 12.5 Å². The summed E-state index contributed by atoms with van der Waals surface area (Å²) in [6.45, 7) is 0.529. The van der Waals surface area contributed by atoms with Crippen molar-refractivity contribution in [3.8, 4) is 0 Å². The molecule has 0 aromatic carbocycles. The Morgan fingerprint density at radius 1 is 1.14 bits per heavy atom. The molecule has 1 saturated carbocycles. The topological polar surface area (TPSA) is 12.0 Å². The van der Waals surface area contributed by atoms with Gasteiger partial charge in [-0.15, -0.1) is 0 Å². The van der Waals surface area contributed by atoms with Gasteiger partial charge in [0.15, 0.2) is 0 Å². The van der Waals surface area contributed by atoms with Crippen LogP contribution in [-0.2, 0) is 0 Å². The van der Waals surface area contributed by atoms with Crippen LogP contribution in [0.2, 0.25) is 0 Å². The van der Waals surface area contributed by atoms with E-state index < -0.39 is 12.1 Å². The van der Waals surface area contributed by atoms with Crippen LogP contribution < -0.4 is 5.32 Å². The van der Waals surface area contributed by atoms with E-state index in [9.17, 15) is 13.2 Å². The third kappa shape index (κ3) is 2.62. The summed E-state index contributed by atoms with van der Waals surface area (Å²) in [5.74, 6) is -0.355. The van der Waals surface area contributed by atoms with E-state index >= 15 is 0 Å². The van der Waals surface area contributed by atoms with Crippen molar-refractivity contribution in [2.24, 2.45) is 11.8 Å². The lowest BCUT2D eigenvalue weighted by Gasteiger charge is -2.31. The zero-order valence-electron chi connectivity index (χ0n) is 8.11. The molecule has 0 aromatic heterocycles. The maximum absolute atomic E-state index is 12.4. The van der Waals surface area contributed by atoms with Crippen LogP contribution in [0, 0.1) is 11.8 Å².